The molecule has 0 saturated carbocycles. The summed E-state index contributed by atoms with van der Waals surface area (Å²) < 4.78 is 9.98. The second kappa shape index (κ2) is 6.80. The van der Waals surface area contributed by atoms with Crippen LogP contribution in [-0.4, -0.2) is 45.0 Å². The van der Waals surface area contributed by atoms with E-state index in [-0.39, 0.29) is 11.2 Å². The fraction of sp³-hybridized carbons (Fsp3) is 0.688. The van der Waals surface area contributed by atoms with Crippen LogP contribution in [0, 0.1) is 0 Å². The van der Waals surface area contributed by atoms with Crippen molar-refractivity contribution in [3.05, 3.63) is 20.8 Å². The number of hydrogen-bond donors (Lipinski definition) is 0. The van der Waals surface area contributed by atoms with Crippen molar-refractivity contribution in [2.45, 2.75) is 32.7 Å². The van der Waals surface area contributed by atoms with Crippen LogP contribution in [0.15, 0.2) is 9.59 Å². The molecule has 1 aliphatic rings. The predicted molar refractivity (Wildman–Crippen MR) is 92.8 cm³/mol. The third kappa shape index (κ3) is 2.75. The molecule has 132 valence electrons. The van der Waals surface area contributed by atoms with E-state index in [0.29, 0.717) is 30.9 Å². The zero-order valence-corrected chi connectivity index (χ0v) is 14.6. The molecule has 0 bridgehead atoms. The Bertz CT molecular complexity index is 842. The Morgan fingerprint density at radius 1 is 1.08 bits per heavy atom. The molecule has 0 amide bonds. The Labute approximate surface area is 140 Å². The van der Waals surface area contributed by atoms with Crippen molar-refractivity contribution in [1.29, 1.82) is 0 Å². The molecule has 24 heavy (non-hydrogen) atoms. The summed E-state index contributed by atoms with van der Waals surface area (Å²) in [4.78, 5) is 31.7. The van der Waals surface area contributed by atoms with Crippen LogP contribution in [0.4, 0.5) is 5.95 Å². The molecule has 0 unspecified atom stereocenters. The van der Waals surface area contributed by atoms with E-state index in [1.54, 1.807) is 7.05 Å². The number of fused-ring (bicyclic) bond motifs is 1. The molecule has 2 aromatic heterocycles. The lowest BCUT2D eigenvalue weighted by molar-refractivity contribution is 0.140. The van der Waals surface area contributed by atoms with Gasteiger partial charge in [-0.1, -0.05) is 0 Å². The zero-order valence-electron chi connectivity index (χ0n) is 14.6. The van der Waals surface area contributed by atoms with Crippen LogP contribution in [0.5, 0.6) is 0 Å². The highest BCUT2D eigenvalue weighted by atomic mass is 16.5. The number of aromatic nitrogens is 4. The highest BCUT2D eigenvalue weighted by molar-refractivity contribution is 5.74. The summed E-state index contributed by atoms with van der Waals surface area (Å²) in [5.41, 5.74) is 0.257. The van der Waals surface area contributed by atoms with Crippen molar-refractivity contribution in [2.24, 2.45) is 14.1 Å². The minimum atomic E-state index is -0.354. The van der Waals surface area contributed by atoms with Gasteiger partial charge in [-0.05, 0) is 26.2 Å². The number of hydrogen-bond acceptors (Lipinski definition) is 5. The van der Waals surface area contributed by atoms with Gasteiger partial charge in [-0.15, -0.1) is 0 Å². The van der Waals surface area contributed by atoms with Gasteiger partial charge in [-0.2, -0.15) is 4.98 Å². The molecule has 0 aliphatic carbocycles. The normalized spacial score (nSPS) is 15.4. The molecule has 8 heteroatoms. The molecule has 8 nitrogen and oxygen atoms in total. The smallest absolute Gasteiger partial charge is 0.332 e. The van der Waals surface area contributed by atoms with E-state index in [4.69, 9.17) is 4.74 Å². The van der Waals surface area contributed by atoms with E-state index < -0.39 is 0 Å². The summed E-state index contributed by atoms with van der Waals surface area (Å²) in [5, 5.41) is 0. The van der Waals surface area contributed by atoms with Crippen LogP contribution in [0.2, 0.25) is 0 Å². The van der Waals surface area contributed by atoms with E-state index in [1.165, 1.54) is 18.0 Å². The second-order valence-corrected chi connectivity index (χ2v) is 6.19. The van der Waals surface area contributed by atoms with Crippen LogP contribution >= 0.6 is 0 Å². The van der Waals surface area contributed by atoms with Crippen molar-refractivity contribution in [1.82, 2.24) is 18.7 Å². The van der Waals surface area contributed by atoms with Crippen molar-refractivity contribution >= 4 is 17.1 Å². The van der Waals surface area contributed by atoms with Crippen LogP contribution in [0.3, 0.4) is 0 Å². The van der Waals surface area contributed by atoms with Gasteiger partial charge in [0.2, 0.25) is 5.95 Å². The van der Waals surface area contributed by atoms with Gasteiger partial charge in [-0.25, -0.2) is 4.79 Å². The Morgan fingerprint density at radius 3 is 2.46 bits per heavy atom. The van der Waals surface area contributed by atoms with Gasteiger partial charge in [0.25, 0.3) is 5.56 Å². The number of aryl methyl sites for hydroxylation is 1. The molecule has 1 fully saturated rings. The average Bonchev–Trinajstić information content (AvgIpc) is 2.99. The monoisotopic (exact) mass is 335 g/mol. The van der Waals surface area contributed by atoms with Gasteiger partial charge in [0, 0.05) is 40.3 Å². The molecule has 3 heterocycles. The number of anilines is 1. The molecule has 2 aromatic rings. The Balaban J connectivity index is 2.20. The molecule has 1 saturated heterocycles. The molecule has 3 rings (SSSR count). The lowest BCUT2D eigenvalue weighted by Crippen LogP contribution is -2.37. The second-order valence-electron chi connectivity index (χ2n) is 6.19. The molecular weight excluding hydrogens is 310 g/mol. The fourth-order valence-corrected chi connectivity index (χ4v) is 3.28. The van der Waals surface area contributed by atoms with Crippen LogP contribution in [0.25, 0.3) is 11.2 Å². The summed E-state index contributed by atoms with van der Waals surface area (Å²) in [6, 6.07) is 0. The SMILES string of the molecule is CCOCCn1c(N2CCCCC2)nc2c1c(=O)n(C)c(=O)n2C. The summed E-state index contributed by atoms with van der Waals surface area (Å²) in [6.45, 7) is 5.47. The molecule has 0 N–H and O–H groups in total. The summed E-state index contributed by atoms with van der Waals surface area (Å²) >= 11 is 0. The molecule has 0 radical (unpaired) electrons. The van der Waals surface area contributed by atoms with Crippen LogP contribution < -0.4 is 16.1 Å². The first-order chi connectivity index (χ1) is 11.6. The fourth-order valence-electron chi connectivity index (χ4n) is 3.28. The summed E-state index contributed by atoms with van der Waals surface area (Å²) in [7, 11) is 3.16. The van der Waals surface area contributed by atoms with Crippen molar-refractivity contribution in [3.8, 4) is 0 Å². The van der Waals surface area contributed by atoms with Crippen molar-refractivity contribution < 1.29 is 4.74 Å². The number of nitrogens with zero attached hydrogens (tertiary/aromatic N) is 5. The van der Waals surface area contributed by atoms with E-state index in [1.807, 2.05) is 11.5 Å². The van der Waals surface area contributed by atoms with Crippen molar-refractivity contribution in [2.75, 3.05) is 31.2 Å². The van der Waals surface area contributed by atoms with Gasteiger partial charge in [0.15, 0.2) is 11.2 Å². The number of piperidine rings is 1. The third-order valence-corrected chi connectivity index (χ3v) is 4.63. The highest BCUT2D eigenvalue weighted by Gasteiger charge is 2.23. The topological polar surface area (TPSA) is 74.3 Å². The lowest BCUT2D eigenvalue weighted by Gasteiger charge is -2.28. The van der Waals surface area contributed by atoms with Gasteiger partial charge < -0.3 is 14.2 Å². The molecule has 1 aliphatic heterocycles. The first kappa shape index (κ1) is 16.8. The lowest BCUT2D eigenvalue weighted by atomic mass is 10.1. The van der Waals surface area contributed by atoms with Crippen LogP contribution in [-0.2, 0) is 25.4 Å². The average molecular weight is 335 g/mol. The molecule has 0 aromatic carbocycles. The first-order valence-electron chi connectivity index (χ1n) is 8.55. The standard InChI is InChI=1S/C16H25N5O3/c1-4-24-11-10-21-12-13(18(2)16(23)19(3)14(12)22)17-15(21)20-8-6-5-7-9-20/h4-11H2,1-3H3. The quantitative estimate of drug-likeness (QED) is 0.742. The maximum absolute atomic E-state index is 12.7. The molecule has 0 spiro atoms. The maximum atomic E-state index is 12.7. The number of ether oxygens (including phenoxy) is 1. The summed E-state index contributed by atoms with van der Waals surface area (Å²) in [5.74, 6) is 0.766. The maximum Gasteiger partial charge on any atom is 0.332 e. The third-order valence-electron chi connectivity index (χ3n) is 4.63. The van der Waals surface area contributed by atoms with Gasteiger partial charge in [-0.3, -0.25) is 13.9 Å². The Kier molecular flexibility index (Phi) is 4.75. The first-order valence-corrected chi connectivity index (χ1v) is 8.55. The largest absolute Gasteiger partial charge is 0.380 e. The Hall–Kier alpha value is -2.09. The van der Waals surface area contributed by atoms with E-state index in [2.05, 4.69) is 9.88 Å². The van der Waals surface area contributed by atoms with Crippen molar-refractivity contribution in [3.63, 3.8) is 0 Å². The molecular formula is C16H25N5O3. The predicted octanol–water partition coefficient (Wildman–Crippen LogP) is 0.461. The number of imidazole rings is 1. The van der Waals surface area contributed by atoms with Gasteiger partial charge >= 0.3 is 5.69 Å². The highest BCUT2D eigenvalue weighted by Crippen LogP contribution is 2.22. The number of rotatable bonds is 5. The Morgan fingerprint density at radius 2 is 1.79 bits per heavy atom. The summed E-state index contributed by atoms with van der Waals surface area (Å²) in [6.07, 6.45) is 3.45. The van der Waals surface area contributed by atoms with E-state index >= 15 is 0 Å². The molecule has 0 atom stereocenters. The minimum absolute atomic E-state index is 0.305. The van der Waals surface area contributed by atoms with Gasteiger partial charge in [0.1, 0.15) is 0 Å². The van der Waals surface area contributed by atoms with E-state index in [9.17, 15) is 9.59 Å². The van der Waals surface area contributed by atoms with Crippen LogP contribution in [0.1, 0.15) is 26.2 Å². The minimum Gasteiger partial charge on any atom is -0.380 e. The zero-order chi connectivity index (χ0) is 17.3. The van der Waals surface area contributed by atoms with E-state index in [0.717, 1.165) is 36.4 Å². The van der Waals surface area contributed by atoms with Gasteiger partial charge in [0.05, 0.1) is 6.61 Å².